The second kappa shape index (κ2) is 6.13. The fraction of sp³-hybridized carbons (Fsp3) is 0.308. The first kappa shape index (κ1) is 15.9. The number of nitrogens with zero attached hydrogens (tertiary/aromatic N) is 1. The summed E-state index contributed by atoms with van der Waals surface area (Å²) >= 11 is 0. The highest BCUT2D eigenvalue weighted by Gasteiger charge is 2.31. The number of hydrogen-bond donors (Lipinski definition) is 2. The number of benzene rings is 1. The van der Waals surface area contributed by atoms with Crippen molar-refractivity contribution >= 4 is 21.8 Å². The minimum Gasteiger partial charge on any atom is -0.388 e. The maximum Gasteiger partial charge on any atom is 0.292 e. The lowest BCUT2D eigenvalue weighted by Gasteiger charge is -2.22. The smallest absolute Gasteiger partial charge is 0.292 e. The number of piperidine rings is 1. The Labute approximate surface area is 127 Å². The van der Waals surface area contributed by atoms with E-state index >= 15 is 0 Å². The number of carbonyl (C=O) groups is 2. The minimum absolute atomic E-state index is 0.0650. The Morgan fingerprint density at radius 3 is 2.77 bits per heavy atom. The number of sulfonamides is 1. The lowest BCUT2D eigenvalue weighted by atomic mass is 10.1. The SMILES string of the molecule is Cc1ccc(OC#N)cc1S(=O)(=O)NC1CCC(=O)NC1=O. The van der Waals surface area contributed by atoms with Crippen molar-refractivity contribution in [3.63, 3.8) is 0 Å². The number of hydrogen-bond acceptors (Lipinski definition) is 6. The van der Waals surface area contributed by atoms with Gasteiger partial charge in [0.05, 0.1) is 4.90 Å². The molecule has 0 aliphatic carbocycles. The highest BCUT2D eigenvalue weighted by atomic mass is 32.2. The first-order valence-corrected chi connectivity index (χ1v) is 7.84. The Kier molecular flexibility index (Phi) is 4.44. The van der Waals surface area contributed by atoms with Crippen molar-refractivity contribution in [2.45, 2.75) is 30.7 Å². The molecular formula is C13H13N3O5S. The molecule has 9 heteroatoms. The van der Waals surface area contributed by atoms with Crippen LogP contribution in [-0.4, -0.2) is 26.3 Å². The number of nitriles is 1. The quantitative estimate of drug-likeness (QED) is 0.590. The van der Waals surface area contributed by atoms with Crippen LogP contribution in [0, 0.1) is 18.4 Å². The Morgan fingerprint density at radius 1 is 1.41 bits per heavy atom. The number of carbonyl (C=O) groups excluding carboxylic acids is 2. The zero-order chi connectivity index (χ0) is 16.3. The highest BCUT2D eigenvalue weighted by Crippen LogP contribution is 2.22. The largest absolute Gasteiger partial charge is 0.388 e. The molecule has 2 amide bonds. The number of ether oxygens (including phenoxy) is 1. The van der Waals surface area contributed by atoms with Crippen molar-refractivity contribution in [2.75, 3.05) is 0 Å². The number of amides is 2. The van der Waals surface area contributed by atoms with E-state index in [2.05, 4.69) is 14.8 Å². The van der Waals surface area contributed by atoms with Gasteiger partial charge in [0.2, 0.25) is 21.8 Å². The van der Waals surface area contributed by atoms with Gasteiger partial charge in [0.1, 0.15) is 11.8 Å². The van der Waals surface area contributed by atoms with Gasteiger partial charge in [-0.1, -0.05) is 6.07 Å². The van der Waals surface area contributed by atoms with Gasteiger partial charge in [-0.25, -0.2) is 8.42 Å². The molecule has 22 heavy (non-hydrogen) atoms. The van der Waals surface area contributed by atoms with E-state index in [1.807, 2.05) is 0 Å². The summed E-state index contributed by atoms with van der Waals surface area (Å²) in [5.74, 6) is -1.03. The van der Waals surface area contributed by atoms with E-state index in [4.69, 9.17) is 5.26 Å². The third-order valence-corrected chi connectivity index (χ3v) is 4.76. The highest BCUT2D eigenvalue weighted by molar-refractivity contribution is 7.89. The first-order chi connectivity index (χ1) is 10.3. The Bertz CT molecular complexity index is 766. The van der Waals surface area contributed by atoms with Gasteiger partial charge < -0.3 is 4.74 Å². The van der Waals surface area contributed by atoms with Crippen molar-refractivity contribution < 1.29 is 22.7 Å². The van der Waals surface area contributed by atoms with Crippen LogP contribution in [0.1, 0.15) is 18.4 Å². The summed E-state index contributed by atoms with van der Waals surface area (Å²) < 4.78 is 31.7. The Balaban J connectivity index is 2.27. The molecule has 1 aliphatic rings. The van der Waals surface area contributed by atoms with E-state index in [1.165, 1.54) is 24.5 Å². The van der Waals surface area contributed by atoms with Gasteiger partial charge in [-0.3, -0.25) is 14.9 Å². The molecule has 0 aromatic heterocycles. The number of nitrogens with one attached hydrogen (secondary N) is 2. The molecule has 2 rings (SSSR count). The number of aryl methyl sites for hydroxylation is 1. The van der Waals surface area contributed by atoms with Gasteiger partial charge in [0.25, 0.3) is 6.26 Å². The van der Waals surface area contributed by atoms with Crippen LogP contribution in [0.15, 0.2) is 23.1 Å². The average Bonchev–Trinajstić information content (AvgIpc) is 2.44. The molecule has 0 saturated carbocycles. The van der Waals surface area contributed by atoms with Crippen LogP contribution in [0.2, 0.25) is 0 Å². The molecule has 0 spiro atoms. The average molecular weight is 323 g/mol. The molecule has 2 N–H and O–H groups in total. The van der Waals surface area contributed by atoms with Gasteiger partial charge >= 0.3 is 0 Å². The Hall–Kier alpha value is -2.44. The first-order valence-electron chi connectivity index (χ1n) is 6.36. The third kappa shape index (κ3) is 3.41. The topological polar surface area (TPSA) is 125 Å². The molecule has 1 aromatic rings. The lowest BCUT2D eigenvalue weighted by Crippen LogP contribution is -2.52. The third-order valence-electron chi connectivity index (χ3n) is 3.15. The normalized spacial score (nSPS) is 18.5. The molecule has 0 radical (unpaired) electrons. The molecule has 1 saturated heterocycles. The van der Waals surface area contributed by atoms with Crippen molar-refractivity contribution in [3.05, 3.63) is 23.8 Å². The zero-order valence-corrected chi connectivity index (χ0v) is 12.4. The molecule has 8 nitrogen and oxygen atoms in total. The minimum atomic E-state index is -3.99. The molecule has 1 aromatic carbocycles. The summed E-state index contributed by atoms with van der Waals surface area (Å²) in [7, 11) is -3.99. The van der Waals surface area contributed by atoms with Gasteiger partial charge in [0.15, 0.2) is 0 Å². The molecule has 116 valence electrons. The van der Waals surface area contributed by atoms with Crippen LogP contribution < -0.4 is 14.8 Å². The molecular weight excluding hydrogens is 310 g/mol. The van der Waals surface area contributed by atoms with Crippen LogP contribution in [-0.2, 0) is 19.6 Å². The fourth-order valence-corrected chi connectivity index (χ4v) is 3.53. The summed E-state index contributed by atoms with van der Waals surface area (Å²) in [6, 6.07) is 3.14. The van der Waals surface area contributed by atoms with Crippen LogP contribution in [0.5, 0.6) is 5.75 Å². The summed E-state index contributed by atoms with van der Waals surface area (Å²) in [6.07, 6.45) is 1.62. The van der Waals surface area contributed by atoms with Crippen molar-refractivity contribution in [1.29, 1.82) is 5.26 Å². The molecule has 1 aliphatic heterocycles. The fourth-order valence-electron chi connectivity index (χ4n) is 2.04. The Morgan fingerprint density at radius 2 is 2.14 bits per heavy atom. The van der Waals surface area contributed by atoms with Crippen LogP contribution >= 0.6 is 0 Å². The summed E-state index contributed by atoms with van der Waals surface area (Å²) in [5.41, 5.74) is 0.435. The second-order valence-corrected chi connectivity index (χ2v) is 6.43. The second-order valence-electron chi connectivity index (χ2n) is 4.75. The van der Waals surface area contributed by atoms with Crippen molar-refractivity contribution in [1.82, 2.24) is 10.0 Å². The molecule has 1 unspecified atom stereocenters. The van der Waals surface area contributed by atoms with E-state index < -0.39 is 27.9 Å². The van der Waals surface area contributed by atoms with E-state index in [0.717, 1.165) is 0 Å². The molecule has 1 atom stereocenters. The monoisotopic (exact) mass is 323 g/mol. The van der Waals surface area contributed by atoms with E-state index in [-0.39, 0.29) is 23.5 Å². The van der Waals surface area contributed by atoms with Crippen molar-refractivity contribution in [2.24, 2.45) is 0 Å². The molecule has 1 heterocycles. The predicted molar refractivity (Wildman–Crippen MR) is 73.9 cm³/mol. The maximum absolute atomic E-state index is 12.4. The summed E-state index contributed by atoms with van der Waals surface area (Å²) in [6.45, 7) is 1.58. The maximum atomic E-state index is 12.4. The molecule has 1 fully saturated rings. The standard InChI is InChI=1S/C13H13N3O5S/c1-8-2-3-9(21-7-14)6-11(8)22(19,20)16-10-4-5-12(17)15-13(10)18/h2-3,6,10,16H,4-5H2,1H3,(H,15,17,18). The van der Waals surface area contributed by atoms with E-state index in [9.17, 15) is 18.0 Å². The van der Waals surface area contributed by atoms with E-state index in [1.54, 1.807) is 6.92 Å². The summed E-state index contributed by atoms with van der Waals surface area (Å²) in [4.78, 5) is 22.6. The van der Waals surface area contributed by atoms with Gasteiger partial charge in [0, 0.05) is 12.5 Å². The zero-order valence-electron chi connectivity index (χ0n) is 11.6. The predicted octanol–water partition coefficient (Wildman–Crippen LogP) is -0.0616. The molecule has 0 bridgehead atoms. The van der Waals surface area contributed by atoms with Crippen LogP contribution in [0.4, 0.5) is 0 Å². The number of imide groups is 1. The van der Waals surface area contributed by atoms with Gasteiger partial charge in [-0.15, -0.1) is 5.26 Å². The number of rotatable bonds is 4. The van der Waals surface area contributed by atoms with E-state index in [0.29, 0.717) is 5.56 Å². The van der Waals surface area contributed by atoms with Crippen LogP contribution in [0.25, 0.3) is 0 Å². The van der Waals surface area contributed by atoms with Crippen molar-refractivity contribution in [3.8, 4) is 12.0 Å². The van der Waals surface area contributed by atoms with Crippen LogP contribution in [0.3, 0.4) is 0 Å². The lowest BCUT2D eigenvalue weighted by molar-refractivity contribution is -0.134. The van der Waals surface area contributed by atoms with Gasteiger partial charge in [-0.05, 0) is 25.0 Å². The summed E-state index contributed by atoms with van der Waals surface area (Å²) in [5, 5.41) is 10.6. The van der Waals surface area contributed by atoms with Gasteiger partial charge in [-0.2, -0.15) is 4.72 Å².